The maximum atomic E-state index is 12.1. The van der Waals surface area contributed by atoms with Crippen LogP contribution >= 0.6 is 0 Å². The molecule has 0 aliphatic carbocycles. The summed E-state index contributed by atoms with van der Waals surface area (Å²) in [7, 11) is -3.85. The summed E-state index contributed by atoms with van der Waals surface area (Å²) < 4.78 is 26.2. The molecule has 0 saturated heterocycles. The highest BCUT2D eigenvalue weighted by Crippen LogP contribution is 2.11. The predicted octanol–water partition coefficient (Wildman–Crippen LogP) is 0.829. The molecule has 0 aliphatic rings. The number of benzene rings is 1. The number of carbonyl (C=O) groups excluding carboxylic acids is 1. The van der Waals surface area contributed by atoms with Gasteiger partial charge in [0.2, 0.25) is 5.91 Å². The number of rotatable bonds is 5. The molecule has 0 bridgehead atoms. The van der Waals surface area contributed by atoms with E-state index in [4.69, 9.17) is 5.73 Å². The summed E-state index contributed by atoms with van der Waals surface area (Å²) in [6.45, 7) is 2.19. The number of amides is 1. The lowest BCUT2D eigenvalue weighted by molar-refractivity contribution is -0.118. The zero-order valence-electron chi connectivity index (χ0n) is 11.6. The molecule has 4 N–H and O–H groups in total. The van der Waals surface area contributed by atoms with Crippen molar-refractivity contribution in [3.8, 4) is 0 Å². The fourth-order valence-electron chi connectivity index (χ4n) is 1.90. The number of carbonyl (C=O) groups is 1. The fourth-order valence-corrected chi connectivity index (χ4v) is 2.89. The Morgan fingerprint density at radius 2 is 1.90 bits per heavy atom. The van der Waals surface area contributed by atoms with Gasteiger partial charge < -0.3 is 10.7 Å². The summed E-state index contributed by atoms with van der Waals surface area (Å²) >= 11 is 0. The largest absolute Gasteiger partial charge is 0.365 e. The fraction of sp³-hybridized carbons (Fsp3) is 0.214. The average Bonchev–Trinajstić information content (AvgIpc) is 2.83. The second-order valence-corrected chi connectivity index (χ2v) is 6.43. The van der Waals surface area contributed by atoms with E-state index >= 15 is 0 Å². The van der Waals surface area contributed by atoms with E-state index in [-0.39, 0.29) is 11.3 Å². The monoisotopic (exact) mass is 307 g/mol. The van der Waals surface area contributed by atoms with Gasteiger partial charge in [-0.05, 0) is 36.2 Å². The van der Waals surface area contributed by atoms with Crippen LogP contribution in [0.25, 0.3) is 0 Å². The number of aromatic amines is 1. The lowest BCUT2D eigenvalue weighted by Gasteiger charge is -2.07. The van der Waals surface area contributed by atoms with Crippen molar-refractivity contribution in [1.82, 2.24) is 9.71 Å². The third-order valence-corrected chi connectivity index (χ3v) is 4.36. The number of sulfonamides is 1. The van der Waals surface area contributed by atoms with Crippen LogP contribution in [0.5, 0.6) is 0 Å². The Morgan fingerprint density at radius 3 is 2.43 bits per heavy atom. The molecule has 7 heteroatoms. The quantitative estimate of drug-likeness (QED) is 0.760. The van der Waals surface area contributed by atoms with E-state index in [2.05, 4.69) is 9.71 Å². The number of H-pyrrole nitrogens is 1. The Labute approximate surface area is 123 Å². The number of hydrogen-bond donors (Lipinski definition) is 3. The summed E-state index contributed by atoms with van der Waals surface area (Å²) in [5.41, 5.74) is 7.93. The van der Waals surface area contributed by atoms with Crippen LogP contribution in [0.2, 0.25) is 0 Å². The maximum Gasteiger partial charge on any atom is 0.264 e. The van der Waals surface area contributed by atoms with Gasteiger partial charge in [-0.25, -0.2) is 13.1 Å². The van der Waals surface area contributed by atoms with Crippen molar-refractivity contribution in [2.75, 3.05) is 0 Å². The zero-order chi connectivity index (χ0) is 15.5. The van der Waals surface area contributed by atoms with E-state index in [0.29, 0.717) is 6.54 Å². The highest BCUT2D eigenvalue weighted by atomic mass is 32.2. The molecule has 6 nitrogen and oxygen atoms in total. The van der Waals surface area contributed by atoms with Gasteiger partial charge in [-0.15, -0.1) is 0 Å². The Bertz CT molecular complexity index is 733. The molecule has 1 amide bonds. The Kier molecular flexibility index (Phi) is 4.44. The molecule has 2 rings (SSSR count). The minimum Gasteiger partial charge on any atom is -0.365 e. The van der Waals surface area contributed by atoms with Gasteiger partial charge in [-0.3, -0.25) is 4.79 Å². The molecular weight excluding hydrogens is 290 g/mol. The van der Waals surface area contributed by atoms with Crippen LogP contribution in [-0.2, 0) is 27.8 Å². The highest BCUT2D eigenvalue weighted by Gasteiger charge is 2.17. The van der Waals surface area contributed by atoms with Crippen molar-refractivity contribution in [2.45, 2.75) is 24.8 Å². The number of nitrogens with two attached hydrogens (primary N) is 1. The van der Waals surface area contributed by atoms with E-state index in [1.807, 2.05) is 6.92 Å². The maximum absolute atomic E-state index is 12.1. The Balaban J connectivity index is 2.07. The molecule has 1 aromatic heterocycles. The third kappa shape index (κ3) is 3.93. The topological polar surface area (TPSA) is 105 Å². The van der Waals surface area contributed by atoms with E-state index < -0.39 is 15.9 Å². The summed E-state index contributed by atoms with van der Waals surface area (Å²) in [5.74, 6) is -0.572. The molecule has 112 valence electrons. The van der Waals surface area contributed by atoms with E-state index in [0.717, 1.165) is 16.8 Å². The van der Waals surface area contributed by atoms with Gasteiger partial charge in [0.05, 0.1) is 11.3 Å². The first-order valence-electron chi connectivity index (χ1n) is 6.39. The van der Waals surface area contributed by atoms with Crippen molar-refractivity contribution < 1.29 is 13.2 Å². The first kappa shape index (κ1) is 15.3. The van der Waals surface area contributed by atoms with Crippen molar-refractivity contribution in [3.05, 3.63) is 53.3 Å². The van der Waals surface area contributed by atoms with Gasteiger partial charge in [0, 0.05) is 18.4 Å². The molecular formula is C14H17N3O3S. The minimum absolute atomic E-state index is 0.00442. The van der Waals surface area contributed by atoms with Crippen molar-refractivity contribution in [2.24, 2.45) is 5.73 Å². The first-order chi connectivity index (χ1) is 9.90. The molecule has 0 atom stereocenters. The van der Waals surface area contributed by atoms with Gasteiger partial charge in [0.15, 0.2) is 0 Å². The molecule has 0 spiro atoms. The van der Waals surface area contributed by atoms with E-state index in [9.17, 15) is 13.2 Å². The van der Waals surface area contributed by atoms with Crippen LogP contribution in [0, 0.1) is 6.92 Å². The normalized spacial score (nSPS) is 11.3. The van der Waals surface area contributed by atoms with Crippen LogP contribution < -0.4 is 10.5 Å². The van der Waals surface area contributed by atoms with Gasteiger partial charge in [-0.2, -0.15) is 0 Å². The van der Waals surface area contributed by atoms with Crippen molar-refractivity contribution in [3.63, 3.8) is 0 Å². The van der Waals surface area contributed by atoms with Crippen molar-refractivity contribution >= 4 is 15.9 Å². The molecule has 0 radical (unpaired) electrons. The molecule has 1 aromatic carbocycles. The standard InChI is InChI=1S/C14H17N3O3S/c1-10-6-12(9-16-10)7-14(18)17-21(19,20)13-4-2-11(8-15)3-5-13/h2-6,9,16H,7-8,15H2,1H3,(H,17,18). The molecule has 0 fully saturated rings. The van der Waals surface area contributed by atoms with E-state index in [1.54, 1.807) is 24.4 Å². The summed E-state index contributed by atoms with van der Waals surface area (Å²) in [6, 6.07) is 7.89. The Hall–Kier alpha value is -2.12. The number of hydrogen-bond acceptors (Lipinski definition) is 4. The van der Waals surface area contributed by atoms with Gasteiger partial charge >= 0.3 is 0 Å². The second kappa shape index (κ2) is 6.11. The highest BCUT2D eigenvalue weighted by molar-refractivity contribution is 7.90. The van der Waals surface area contributed by atoms with Crippen LogP contribution in [0.3, 0.4) is 0 Å². The molecule has 1 heterocycles. The number of aryl methyl sites for hydroxylation is 1. The van der Waals surface area contributed by atoms with Crippen molar-refractivity contribution in [1.29, 1.82) is 0 Å². The van der Waals surface area contributed by atoms with Gasteiger partial charge in [0.1, 0.15) is 0 Å². The Morgan fingerprint density at radius 1 is 1.24 bits per heavy atom. The zero-order valence-corrected chi connectivity index (χ0v) is 12.4. The number of nitrogens with one attached hydrogen (secondary N) is 2. The number of aromatic nitrogens is 1. The molecule has 2 aromatic rings. The second-order valence-electron chi connectivity index (χ2n) is 4.74. The van der Waals surface area contributed by atoms with Crippen LogP contribution in [0.4, 0.5) is 0 Å². The summed E-state index contributed by atoms with van der Waals surface area (Å²) in [6.07, 6.45) is 1.68. The van der Waals surface area contributed by atoms with Gasteiger partial charge in [-0.1, -0.05) is 12.1 Å². The molecule has 21 heavy (non-hydrogen) atoms. The van der Waals surface area contributed by atoms with Crippen LogP contribution in [0.15, 0.2) is 41.4 Å². The molecule has 0 saturated carbocycles. The van der Waals surface area contributed by atoms with E-state index in [1.165, 1.54) is 12.1 Å². The average molecular weight is 307 g/mol. The third-order valence-electron chi connectivity index (χ3n) is 2.97. The SMILES string of the molecule is Cc1cc(CC(=O)NS(=O)(=O)c2ccc(CN)cc2)c[nH]1. The summed E-state index contributed by atoms with van der Waals surface area (Å²) in [5, 5.41) is 0. The first-order valence-corrected chi connectivity index (χ1v) is 7.87. The summed E-state index contributed by atoms with van der Waals surface area (Å²) in [4.78, 5) is 14.8. The lowest BCUT2D eigenvalue weighted by Crippen LogP contribution is -2.31. The molecule has 0 aliphatic heterocycles. The van der Waals surface area contributed by atoms with Crippen LogP contribution in [0.1, 0.15) is 16.8 Å². The smallest absolute Gasteiger partial charge is 0.264 e. The minimum atomic E-state index is -3.85. The molecule has 0 unspecified atom stereocenters. The predicted molar refractivity (Wildman–Crippen MR) is 78.9 cm³/mol. The van der Waals surface area contributed by atoms with Gasteiger partial charge in [0.25, 0.3) is 10.0 Å². The van der Waals surface area contributed by atoms with Crippen LogP contribution in [-0.4, -0.2) is 19.3 Å². The lowest BCUT2D eigenvalue weighted by atomic mass is 10.2.